The molecule has 0 aliphatic heterocycles. The minimum absolute atomic E-state index is 0.241. The summed E-state index contributed by atoms with van der Waals surface area (Å²) in [6.07, 6.45) is 1.89. The average molecular weight is 290 g/mol. The molecule has 84 valence electrons. The molecular weight excluding hydrogens is 281 g/mol. The lowest BCUT2D eigenvalue weighted by molar-refractivity contribution is 0.621. The van der Waals surface area contributed by atoms with Gasteiger partial charge in [-0.1, -0.05) is 18.2 Å². The molecule has 3 rings (SSSR count). The summed E-state index contributed by atoms with van der Waals surface area (Å²) in [6, 6.07) is 13.2. The van der Waals surface area contributed by atoms with Crippen LogP contribution in [0.15, 0.2) is 53.1 Å². The molecule has 0 saturated carbocycles. The molecule has 1 heterocycles. The molecule has 0 fully saturated rings. The van der Waals surface area contributed by atoms with Crippen LogP contribution in [0, 0.1) is 5.82 Å². The highest BCUT2D eigenvalue weighted by Gasteiger charge is 2.06. The summed E-state index contributed by atoms with van der Waals surface area (Å²) in [6.45, 7) is 0. The van der Waals surface area contributed by atoms with Gasteiger partial charge in [0, 0.05) is 17.1 Å². The first kappa shape index (κ1) is 10.5. The van der Waals surface area contributed by atoms with Crippen molar-refractivity contribution in [1.29, 1.82) is 0 Å². The van der Waals surface area contributed by atoms with Crippen LogP contribution in [0.1, 0.15) is 0 Å². The second-order valence-corrected chi connectivity index (χ2v) is 4.73. The topological polar surface area (TPSA) is 15.8 Å². The van der Waals surface area contributed by atoms with Gasteiger partial charge in [0.25, 0.3) is 0 Å². The number of hydrogen-bond donors (Lipinski definition) is 1. The van der Waals surface area contributed by atoms with Gasteiger partial charge >= 0.3 is 0 Å². The van der Waals surface area contributed by atoms with Crippen LogP contribution in [0.25, 0.3) is 22.0 Å². The van der Waals surface area contributed by atoms with Crippen LogP contribution < -0.4 is 0 Å². The first-order valence-electron chi connectivity index (χ1n) is 5.27. The van der Waals surface area contributed by atoms with Crippen LogP contribution in [0.2, 0.25) is 0 Å². The van der Waals surface area contributed by atoms with Gasteiger partial charge in [-0.05, 0) is 51.3 Å². The zero-order valence-electron chi connectivity index (χ0n) is 8.87. The van der Waals surface area contributed by atoms with Crippen molar-refractivity contribution in [2.24, 2.45) is 0 Å². The summed E-state index contributed by atoms with van der Waals surface area (Å²) in [5.74, 6) is -0.241. The summed E-state index contributed by atoms with van der Waals surface area (Å²) >= 11 is 3.16. The Labute approximate surface area is 106 Å². The van der Waals surface area contributed by atoms with Gasteiger partial charge in [-0.2, -0.15) is 0 Å². The Bertz CT molecular complexity index is 688. The Morgan fingerprint density at radius 2 is 1.94 bits per heavy atom. The van der Waals surface area contributed by atoms with E-state index >= 15 is 0 Å². The van der Waals surface area contributed by atoms with Gasteiger partial charge in [0.2, 0.25) is 0 Å². The second-order valence-electron chi connectivity index (χ2n) is 3.87. The van der Waals surface area contributed by atoms with Crippen LogP contribution in [-0.4, -0.2) is 4.98 Å². The molecular formula is C14H9BrFN. The third-order valence-corrected chi connectivity index (χ3v) is 3.47. The highest BCUT2D eigenvalue weighted by atomic mass is 79.9. The SMILES string of the molecule is Fc1cc(-c2cccc3[nH]ccc23)ccc1Br. The van der Waals surface area contributed by atoms with Gasteiger partial charge in [-0.15, -0.1) is 0 Å². The summed E-state index contributed by atoms with van der Waals surface area (Å²) in [7, 11) is 0. The molecule has 1 aromatic heterocycles. The van der Waals surface area contributed by atoms with E-state index in [1.54, 1.807) is 12.1 Å². The van der Waals surface area contributed by atoms with E-state index in [2.05, 4.69) is 20.9 Å². The number of aromatic amines is 1. The summed E-state index contributed by atoms with van der Waals surface area (Å²) in [5.41, 5.74) is 2.98. The quantitative estimate of drug-likeness (QED) is 0.666. The number of rotatable bonds is 1. The van der Waals surface area contributed by atoms with Crippen LogP contribution in [0.4, 0.5) is 4.39 Å². The first-order valence-corrected chi connectivity index (χ1v) is 6.06. The van der Waals surface area contributed by atoms with E-state index in [0.29, 0.717) is 4.47 Å². The number of H-pyrrole nitrogens is 1. The number of nitrogens with one attached hydrogen (secondary N) is 1. The van der Waals surface area contributed by atoms with Crippen molar-refractivity contribution < 1.29 is 4.39 Å². The van der Waals surface area contributed by atoms with Crippen molar-refractivity contribution in [3.05, 3.63) is 59.0 Å². The normalized spacial score (nSPS) is 10.9. The third-order valence-electron chi connectivity index (χ3n) is 2.83. The number of aromatic nitrogens is 1. The number of benzene rings is 2. The molecule has 2 aromatic carbocycles. The molecule has 0 saturated heterocycles. The Morgan fingerprint density at radius 3 is 2.76 bits per heavy atom. The smallest absolute Gasteiger partial charge is 0.137 e. The molecule has 0 bridgehead atoms. The van der Waals surface area contributed by atoms with E-state index in [1.807, 2.05) is 36.5 Å². The van der Waals surface area contributed by atoms with Crippen LogP contribution in [0.5, 0.6) is 0 Å². The summed E-state index contributed by atoms with van der Waals surface area (Å²) in [5, 5.41) is 1.11. The van der Waals surface area contributed by atoms with Gasteiger partial charge in [-0.25, -0.2) is 4.39 Å². The van der Waals surface area contributed by atoms with Crippen molar-refractivity contribution in [2.45, 2.75) is 0 Å². The summed E-state index contributed by atoms with van der Waals surface area (Å²) < 4.78 is 14.0. The number of fused-ring (bicyclic) bond motifs is 1. The maximum absolute atomic E-state index is 13.5. The van der Waals surface area contributed by atoms with E-state index in [-0.39, 0.29) is 5.82 Å². The van der Waals surface area contributed by atoms with E-state index in [1.165, 1.54) is 0 Å². The standard InChI is InChI=1S/C14H9BrFN/c15-12-5-4-9(8-13(12)16)10-2-1-3-14-11(10)6-7-17-14/h1-8,17H. The molecule has 3 aromatic rings. The molecule has 17 heavy (non-hydrogen) atoms. The fourth-order valence-corrected chi connectivity index (χ4v) is 2.25. The summed E-state index contributed by atoms with van der Waals surface area (Å²) in [4.78, 5) is 3.15. The van der Waals surface area contributed by atoms with Crippen molar-refractivity contribution in [1.82, 2.24) is 4.98 Å². The highest BCUT2D eigenvalue weighted by molar-refractivity contribution is 9.10. The first-order chi connectivity index (χ1) is 8.25. The molecule has 0 unspecified atom stereocenters. The Morgan fingerprint density at radius 1 is 1.06 bits per heavy atom. The van der Waals surface area contributed by atoms with E-state index in [9.17, 15) is 4.39 Å². The van der Waals surface area contributed by atoms with Crippen molar-refractivity contribution >= 4 is 26.8 Å². The Hall–Kier alpha value is -1.61. The van der Waals surface area contributed by atoms with Crippen molar-refractivity contribution in [3.8, 4) is 11.1 Å². The monoisotopic (exact) mass is 289 g/mol. The van der Waals surface area contributed by atoms with E-state index < -0.39 is 0 Å². The molecule has 0 radical (unpaired) electrons. The van der Waals surface area contributed by atoms with Crippen LogP contribution in [0.3, 0.4) is 0 Å². The van der Waals surface area contributed by atoms with Gasteiger partial charge in [0.15, 0.2) is 0 Å². The number of halogens is 2. The largest absolute Gasteiger partial charge is 0.361 e. The zero-order chi connectivity index (χ0) is 11.8. The average Bonchev–Trinajstić information content (AvgIpc) is 2.80. The van der Waals surface area contributed by atoms with E-state index in [0.717, 1.165) is 22.0 Å². The maximum Gasteiger partial charge on any atom is 0.137 e. The number of hydrogen-bond acceptors (Lipinski definition) is 0. The predicted molar refractivity (Wildman–Crippen MR) is 71.4 cm³/mol. The molecule has 0 aliphatic carbocycles. The Balaban J connectivity index is 2.26. The lowest BCUT2D eigenvalue weighted by Crippen LogP contribution is -1.82. The van der Waals surface area contributed by atoms with Crippen molar-refractivity contribution in [2.75, 3.05) is 0 Å². The lowest BCUT2D eigenvalue weighted by atomic mass is 10.0. The molecule has 1 nitrogen and oxygen atoms in total. The predicted octanol–water partition coefficient (Wildman–Crippen LogP) is 4.74. The fraction of sp³-hybridized carbons (Fsp3) is 0. The molecule has 1 N–H and O–H groups in total. The van der Waals surface area contributed by atoms with Crippen LogP contribution in [-0.2, 0) is 0 Å². The molecule has 0 atom stereocenters. The van der Waals surface area contributed by atoms with Gasteiger partial charge in [-0.3, -0.25) is 0 Å². The van der Waals surface area contributed by atoms with Gasteiger partial charge in [0.1, 0.15) is 5.82 Å². The minimum Gasteiger partial charge on any atom is -0.361 e. The highest BCUT2D eigenvalue weighted by Crippen LogP contribution is 2.30. The van der Waals surface area contributed by atoms with Gasteiger partial charge < -0.3 is 4.98 Å². The van der Waals surface area contributed by atoms with E-state index in [4.69, 9.17) is 0 Å². The van der Waals surface area contributed by atoms with Crippen LogP contribution >= 0.6 is 15.9 Å². The van der Waals surface area contributed by atoms with Gasteiger partial charge in [0.05, 0.1) is 4.47 Å². The second kappa shape index (κ2) is 4.00. The molecule has 0 amide bonds. The molecule has 0 aliphatic rings. The molecule has 0 spiro atoms. The molecule has 3 heteroatoms. The third kappa shape index (κ3) is 1.76. The minimum atomic E-state index is -0.241. The maximum atomic E-state index is 13.5. The lowest BCUT2D eigenvalue weighted by Gasteiger charge is -2.04. The fourth-order valence-electron chi connectivity index (χ4n) is 2.00. The van der Waals surface area contributed by atoms with Crippen molar-refractivity contribution in [3.63, 3.8) is 0 Å². The zero-order valence-corrected chi connectivity index (χ0v) is 10.5. The Kier molecular flexibility index (Phi) is 2.48.